The zero-order valence-corrected chi connectivity index (χ0v) is 21.5. The third-order valence-corrected chi connectivity index (χ3v) is 7.25. The van der Waals surface area contributed by atoms with E-state index in [9.17, 15) is 9.90 Å². The van der Waals surface area contributed by atoms with Crippen LogP contribution in [0, 0.1) is 0 Å². The van der Waals surface area contributed by atoms with Crippen LogP contribution in [0.25, 0.3) is 22.2 Å². The third-order valence-electron chi connectivity index (χ3n) is 5.82. The van der Waals surface area contributed by atoms with Crippen LogP contribution in [0.5, 0.6) is 0 Å². The number of halogens is 2. The predicted molar refractivity (Wildman–Crippen MR) is 147 cm³/mol. The van der Waals surface area contributed by atoms with Gasteiger partial charge in [-0.25, -0.2) is 9.97 Å². The molecule has 0 aliphatic carbocycles. The quantitative estimate of drug-likeness (QED) is 0.293. The summed E-state index contributed by atoms with van der Waals surface area (Å²) in [4.78, 5) is 24.2. The highest BCUT2D eigenvalue weighted by Gasteiger charge is 2.19. The molecule has 7 nitrogen and oxygen atoms in total. The summed E-state index contributed by atoms with van der Waals surface area (Å²) in [5, 5.41) is 15.8. The lowest BCUT2D eigenvalue weighted by molar-refractivity contribution is -0.135. The number of aromatic nitrogens is 2. The Morgan fingerprint density at radius 1 is 1.03 bits per heavy atom. The van der Waals surface area contributed by atoms with E-state index in [0.717, 1.165) is 58.9 Å². The van der Waals surface area contributed by atoms with Crippen molar-refractivity contribution in [1.29, 1.82) is 0 Å². The normalized spacial score (nSPS) is 13.7. The van der Waals surface area contributed by atoms with Gasteiger partial charge in [-0.3, -0.25) is 4.79 Å². The lowest BCUT2D eigenvalue weighted by Gasteiger charge is -2.28. The molecule has 0 saturated carbocycles. The second-order valence-corrected chi connectivity index (χ2v) is 10.2. The number of aliphatic carboxylic acids is 1. The molecule has 0 spiro atoms. The van der Waals surface area contributed by atoms with E-state index in [-0.39, 0.29) is 6.54 Å². The fourth-order valence-corrected chi connectivity index (χ4v) is 5.95. The van der Waals surface area contributed by atoms with Crippen molar-refractivity contribution in [3.8, 4) is 11.4 Å². The van der Waals surface area contributed by atoms with E-state index in [1.807, 2.05) is 42.5 Å². The molecule has 0 bridgehead atoms. The first-order chi connectivity index (χ1) is 17.5. The third kappa shape index (κ3) is 5.52. The van der Waals surface area contributed by atoms with Gasteiger partial charge in [0, 0.05) is 58.3 Å². The minimum Gasteiger partial charge on any atom is -0.480 e. The van der Waals surface area contributed by atoms with E-state index in [4.69, 9.17) is 28.2 Å². The average Bonchev–Trinajstić information content (AvgIpc) is 2.87. The van der Waals surface area contributed by atoms with Gasteiger partial charge in [-0.2, -0.15) is 0 Å². The van der Waals surface area contributed by atoms with Gasteiger partial charge in [0.1, 0.15) is 12.4 Å². The minimum absolute atomic E-state index is 0.215. The molecule has 3 aromatic carbocycles. The van der Waals surface area contributed by atoms with Crippen LogP contribution < -0.4 is 14.5 Å². The molecule has 184 valence electrons. The number of carboxylic acids is 1. The molecule has 1 aliphatic rings. The summed E-state index contributed by atoms with van der Waals surface area (Å²) in [6.45, 7) is 3.42. The summed E-state index contributed by atoms with van der Waals surface area (Å²) in [5.74, 6) is 0.583. The summed E-state index contributed by atoms with van der Waals surface area (Å²) >= 11 is 13.6. The SMILES string of the molecule is O=C(O)CN(Sc1cc(Cl)cc(Cl)c1)c1cccc2c(-c3nccc(N4CCNCC4)n3)cccc12. The van der Waals surface area contributed by atoms with Gasteiger partial charge in [0.15, 0.2) is 5.82 Å². The molecule has 0 unspecified atom stereocenters. The van der Waals surface area contributed by atoms with Gasteiger partial charge in [0.25, 0.3) is 0 Å². The lowest BCUT2D eigenvalue weighted by Crippen LogP contribution is -2.43. The van der Waals surface area contributed by atoms with E-state index in [0.29, 0.717) is 15.9 Å². The molecule has 0 amide bonds. The summed E-state index contributed by atoms with van der Waals surface area (Å²) in [5.41, 5.74) is 1.65. The molecule has 5 rings (SSSR count). The summed E-state index contributed by atoms with van der Waals surface area (Å²) < 4.78 is 1.73. The lowest BCUT2D eigenvalue weighted by atomic mass is 10.0. The Bertz CT molecular complexity index is 1390. The Labute approximate surface area is 223 Å². The number of nitrogens with one attached hydrogen (secondary N) is 1. The number of anilines is 2. The topological polar surface area (TPSA) is 81.6 Å². The standard InChI is InChI=1S/C26H23Cl2N5O2S/c27-17-13-18(28)15-19(14-17)36-33(16-25(34)35)23-6-2-3-20-21(23)4-1-5-22(20)26-30-8-7-24(31-26)32-11-9-29-10-12-32/h1-8,13-15,29H,9-12,16H2,(H,34,35). The highest BCUT2D eigenvalue weighted by atomic mass is 35.5. The second-order valence-electron chi connectivity index (χ2n) is 8.28. The number of fused-ring (bicyclic) bond motifs is 1. The van der Waals surface area contributed by atoms with E-state index in [1.54, 1.807) is 28.7 Å². The largest absolute Gasteiger partial charge is 0.480 e. The van der Waals surface area contributed by atoms with Crippen molar-refractivity contribution in [3.63, 3.8) is 0 Å². The van der Waals surface area contributed by atoms with Crippen LogP contribution in [0.2, 0.25) is 10.0 Å². The summed E-state index contributed by atoms with van der Waals surface area (Å²) in [6, 6.07) is 18.9. The first-order valence-corrected chi connectivity index (χ1v) is 12.9. The molecule has 36 heavy (non-hydrogen) atoms. The first kappa shape index (κ1) is 24.6. The molecule has 1 saturated heterocycles. The number of rotatable bonds is 7. The fraction of sp³-hybridized carbons (Fsp3) is 0.192. The summed E-state index contributed by atoms with van der Waals surface area (Å²) in [7, 11) is 0. The minimum atomic E-state index is -0.948. The van der Waals surface area contributed by atoms with Gasteiger partial charge in [0.2, 0.25) is 0 Å². The monoisotopic (exact) mass is 539 g/mol. The number of carbonyl (C=O) groups is 1. The summed E-state index contributed by atoms with van der Waals surface area (Å²) in [6.07, 6.45) is 1.79. The molecule has 2 N–H and O–H groups in total. The smallest absolute Gasteiger partial charge is 0.324 e. The van der Waals surface area contributed by atoms with Crippen LogP contribution in [-0.4, -0.2) is 53.8 Å². The van der Waals surface area contributed by atoms with E-state index in [2.05, 4.69) is 15.2 Å². The van der Waals surface area contributed by atoms with Crippen molar-refractivity contribution in [2.45, 2.75) is 4.90 Å². The maximum absolute atomic E-state index is 11.8. The van der Waals surface area contributed by atoms with Crippen LogP contribution in [-0.2, 0) is 4.79 Å². The fourth-order valence-electron chi connectivity index (χ4n) is 4.25. The molecule has 10 heteroatoms. The van der Waals surface area contributed by atoms with Gasteiger partial charge >= 0.3 is 5.97 Å². The highest BCUT2D eigenvalue weighted by Crippen LogP contribution is 2.38. The van der Waals surface area contributed by atoms with Crippen molar-refractivity contribution in [2.24, 2.45) is 0 Å². The molecule has 0 radical (unpaired) electrons. The number of benzene rings is 3. The van der Waals surface area contributed by atoms with Crippen LogP contribution in [0.15, 0.2) is 71.8 Å². The Balaban J connectivity index is 1.56. The molecular formula is C26H23Cl2N5O2S. The number of piperazine rings is 1. The zero-order chi connectivity index (χ0) is 25.1. The van der Waals surface area contributed by atoms with E-state index < -0.39 is 5.97 Å². The number of nitrogens with zero attached hydrogens (tertiary/aromatic N) is 4. The van der Waals surface area contributed by atoms with Gasteiger partial charge in [-0.05, 0) is 47.7 Å². The molecule has 1 aliphatic heterocycles. The molecule has 1 fully saturated rings. The van der Waals surface area contributed by atoms with Gasteiger partial charge in [-0.1, -0.05) is 53.5 Å². The van der Waals surface area contributed by atoms with Gasteiger partial charge in [-0.15, -0.1) is 0 Å². The first-order valence-electron chi connectivity index (χ1n) is 11.4. The maximum atomic E-state index is 11.8. The van der Waals surface area contributed by atoms with Gasteiger partial charge < -0.3 is 19.6 Å². The Morgan fingerprint density at radius 2 is 1.75 bits per heavy atom. The van der Waals surface area contributed by atoms with Crippen molar-refractivity contribution in [2.75, 3.05) is 41.9 Å². The number of hydrogen-bond acceptors (Lipinski definition) is 7. The second kappa shape index (κ2) is 10.9. The average molecular weight is 540 g/mol. The van der Waals surface area contributed by atoms with Crippen molar-refractivity contribution in [3.05, 3.63) is 76.9 Å². The molecule has 4 aromatic rings. The van der Waals surface area contributed by atoms with Crippen LogP contribution in [0.3, 0.4) is 0 Å². The molecule has 2 heterocycles. The Morgan fingerprint density at radius 3 is 2.50 bits per heavy atom. The van der Waals surface area contributed by atoms with E-state index >= 15 is 0 Å². The Hall–Kier alpha value is -3.04. The van der Waals surface area contributed by atoms with E-state index in [1.165, 1.54) is 11.9 Å². The van der Waals surface area contributed by atoms with Crippen LogP contribution in [0.4, 0.5) is 11.5 Å². The maximum Gasteiger partial charge on any atom is 0.324 e. The van der Waals surface area contributed by atoms with Crippen molar-refractivity contribution >= 4 is 63.4 Å². The van der Waals surface area contributed by atoms with Crippen molar-refractivity contribution < 1.29 is 9.90 Å². The molecular weight excluding hydrogens is 517 g/mol. The number of hydrogen-bond donors (Lipinski definition) is 2. The molecule has 0 atom stereocenters. The van der Waals surface area contributed by atoms with Crippen LogP contribution in [0.1, 0.15) is 0 Å². The molecule has 1 aromatic heterocycles. The van der Waals surface area contributed by atoms with Crippen molar-refractivity contribution in [1.82, 2.24) is 15.3 Å². The predicted octanol–water partition coefficient (Wildman–Crippen LogP) is 5.61. The number of carboxylic acid groups (broad SMARTS) is 1. The zero-order valence-electron chi connectivity index (χ0n) is 19.2. The highest BCUT2D eigenvalue weighted by molar-refractivity contribution is 8.00. The Kier molecular flexibility index (Phi) is 7.48. The van der Waals surface area contributed by atoms with Crippen LogP contribution >= 0.6 is 35.1 Å². The van der Waals surface area contributed by atoms with Gasteiger partial charge in [0.05, 0.1) is 5.69 Å².